The standard InChI is InChI=1S/C16H23ClN4O2S/c1-6-14(24(5)23)16(22)20(7-2)13-11-21(19-15(13)17)12(3)9-8-10-18-4/h8-11,14H,4,6-7H2,1-3,5H3/b10-8-,12-9+. The maximum Gasteiger partial charge on any atom is 0.280 e. The lowest BCUT2D eigenvalue weighted by molar-refractivity contribution is -0.118. The summed E-state index contributed by atoms with van der Waals surface area (Å²) in [5.74, 6) is -0.209. The summed E-state index contributed by atoms with van der Waals surface area (Å²) in [5.41, 5.74) is 1.31. The average Bonchev–Trinajstić information content (AvgIpc) is 2.90. The van der Waals surface area contributed by atoms with Crippen molar-refractivity contribution in [3.05, 3.63) is 29.7 Å². The molecule has 132 valence electrons. The molecule has 8 heteroatoms. The maximum absolute atomic E-state index is 12.7. The molecule has 0 bridgehead atoms. The molecule has 0 aliphatic carbocycles. The number of aliphatic imine (C=N–C) groups is 1. The summed E-state index contributed by atoms with van der Waals surface area (Å²) in [5, 5.41) is 3.90. The molecule has 0 fully saturated rings. The van der Waals surface area contributed by atoms with E-state index in [0.717, 1.165) is 5.70 Å². The second-order valence-electron chi connectivity index (χ2n) is 5.06. The largest absolute Gasteiger partial charge is 0.616 e. The molecule has 24 heavy (non-hydrogen) atoms. The van der Waals surface area contributed by atoms with Crippen LogP contribution in [0.5, 0.6) is 0 Å². The summed E-state index contributed by atoms with van der Waals surface area (Å²) in [4.78, 5) is 17.8. The van der Waals surface area contributed by atoms with Gasteiger partial charge in [-0.15, -0.1) is 0 Å². The summed E-state index contributed by atoms with van der Waals surface area (Å²) in [6.07, 6.45) is 8.82. The summed E-state index contributed by atoms with van der Waals surface area (Å²) >= 11 is 4.98. The SMILES string of the molecule is C=N/C=C\C=C(/C)n1cc(N(CC)C(=O)C(CC)[S+](C)[O-])c(Cl)n1. The number of hydrogen-bond acceptors (Lipinski definition) is 4. The molecule has 1 aromatic heterocycles. The fourth-order valence-corrected chi connectivity index (χ4v) is 3.31. The molecular weight excluding hydrogens is 348 g/mol. The zero-order valence-corrected chi connectivity index (χ0v) is 16.0. The predicted molar refractivity (Wildman–Crippen MR) is 102 cm³/mol. The van der Waals surface area contributed by atoms with Crippen molar-refractivity contribution in [2.75, 3.05) is 17.7 Å². The van der Waals surface area contributed by atoms with Crippen LogP contribution in [0.25, 0.3) is 5.70 Å². The van der Waals surface area contributed by atoms with E-state index in [0.29, 0.717) is 18.7 Å². The first-order valence-corrected chi connectivity index (χ1v) is 9.55. The van der Waals surface area contributed by atoms with Crippen LogP contribution in [-0.2, 0) is 16.0 Å². The molecule has 1 heterocycles. The van der Waals surface area contributed by atoms with Crippen LogP contribution in [0.3, 0.4) is 0 Å². The van der Waals surface area contributed by atoms with Gasteiger partial charge in [-0.05, 0) is 43.9 Å². The minimum absolute atomic E-state index is 0.209. The fourth-order valence-electron chi connectivity index (χ4n) is 2.20. The highest BCUT2D eigenvalue weighted by Gasteiger charge is 2.32. The van der Waals surface area contributed by atoms with E-state index in [1.807, 2.05) is 20.8 Å². The Hall–Kier alpha value is -1.57. The molecule has 0 spiro atoms. The van der Waals surface area contributed by atoms with Gasteiger partial charge in [0.2, 0.25) is 0 Å². The lowest BCUT2D eigenvalue weighted by atomic mass is 10.2. The van der Waals surface area contributed by atoms with Gasteiger partial charge in [-0.25, -0.2) is 4.68 Å². The zero-order chi connectivity index (χ0) is 18.3. The van der Waals surface area contributed by atoms with Gasteiger partial charge in [0.05, 0.1) is 12.5 Å². The van der Waals surface area contributed by atoms with Gasteiger partial charge in [0.15, 0.2) is 10.4 Å². The van der Waals surface area contributed by atoms with Crippen LogP contribution >= 0.6 is 11.6 Å². The van der Waals surface area contributed by atoms with Gasteiger partial charge in [0.1, 0.15) is 5.69 Å². The Morgan fingerprint density at radius 3 is 2.79 bits per heavy atom. The van der Waals surface area contributed by atoms with E-state index in [1.165, 1.54) is 11.2 Å². The Morgan fingerprint density at radius 2 is 2.29 bits per heavy atom. The maximum atomic E-state index is 12.7. The third kappa shape index (κ3) is 4.96. The minimum Gasteiger partial charge on any atom is -0.616 e. The molecule has 6 nitrogen and oxygen atoms in total. The number of halogens is 1. The summed E-state index contributed by atoms with van der Waals surface area (Å²) in [6.45, 7) is 9.32. The molecule has 2 atom stereocenters. The quantitative estimate of drug-likeness (QED) is 0.401. The van der Waals surface area contributed by atoms with Crippen molar-refractivity contribution < 1.29 is 9.35 Å². The summed E-state index contributed by atoms with van der Waals surface area (Å²) in [6, 6.07) is 0. The molecule has 0 aromatic carbocycles. The van der Waals surface area contributed by atoms with Gasteiger partial charge < -0.3 is 9.45 Å². The Labute approximate surface area is 151 Å². The van der Waals surface area contributed by atoms with Crippen molar-refractivity contribution in [1.82, 2.24) is 9.78 Å². The number of nitrogens with zero attached hydrogens (tertiary/aromatic N) is 4. The first kappa shape index (κ1) is 20.5. The molecule has 2 unspecified atom stereocenters. The topological polar surface area (TPSA) is 73.5 Å². The number of allylic oxidation sites excluding steroid dienone is 3. The third-order valence-electron chi connectivity index (χ3n) is 3.46. The molecule has 0 radical (unpaired) electrons. The Kier molecular flexibility index (Phi) is 8.24. The van der Waals surface area contributed by atoms with Crippen LogP contribution in [0.4, 0.5) is 5.69 Å². The van der Waals surface area contributed by atoms with Crippen LogP contribution in [0.15, 0.2) is 29.5 Å². The van der Waals surface area contributed by atoms with Gasteiger partial charge in [-0.2, -0.15) is 5.10 Å². The van der Waals surface area contributed by atoms with Gasteiger partial charge in [0.25, 0.3) is 5.91 Å². The molecule has 0 saturated heterocycles. The minimum atomic E-state index is -1.24. The van der Waals surface area contributed by atoms with Crippen molar-refractivity contribution in [2.45, 2.75) is 32.4 Å². The lowest BCUT2D eigenvalue weighted by Gasteiger charge is -2.24. The predicted octanol–water partition coefficient (Wildman–Crippen LogP) is 3.12. The van der Waals surface area contributed by atoms with E-state index in [1.54, 1.807) is 29.2 Å². The van der Waals surface area contributed by atoms with Crippen LogP contribution in [0, 0.1) is 0 Å². The second kappa shape index (κ2) is 9.66. The molecule has 1 aromatic rings. The van der Waals surface area contributed by atoms with Crippen LogP contribution < -0.4 is 4.90 Å². The molecule has 0 aliphatic rings. The lowest BCUT2D eigenvalue weighted by Crippen LogP contribution is -2.42. The van der Waals surface area contributed by atoms with Crippen molar-refractivity contribution in [1.29, 1.82) is 0 Å². The van der Waals surface area contributed by atoms with E-state index >= 15 is 0 Å². The first-order valence-electron chi connectivity index (χ1n) is 7.55. The van der Waals surface area contributed by atoms with Gasteiger partial charge >= 0.3 is 0 Å². The van der Waals surface area contributed by atoms with E-state index < -0.39 is 16.4 Å². The van der Waals surface area contributed by atoms with E-state index in [2.05, 4.69) is 16.8 Å². The van der Waals surface area contributed by atoms with Crippen molar-refractivity contribution >= 4 is 46.8 Å². The Bertz CT molecular complexity index is 640. The molecule has 0 N–H and O–H groups in total. The summed E-state index contributed by atoms with van der Waals surface area (Å²) in [7, 11) is 0. The van der Waals surface area contributed by atoms with Crippen molar-refractivity contribution in [3.8, 4) is 0 Å². The Balaban J connectivity index is 3.15. The first-order chi connectivity index (χ1) is 11.4. The number of amides is 1. The molecule has 0 aliphatic heterocycles. The van der Waals surface area contributed by atoms with Crippen molar-refractivity contribution in [2.24, 2.45) is 4.99 Å². The molecule has 0 saturated carbocycles. The number of anilines is 1. The van der Waals surface area contributed by atoms with Gasteiger partial charge in [-0.3, -0.25) is 9.79 Å². The van der Waals surface area contributed by atoms with E-state index in [9.17, 15) is 9.35 Å². The van der Waals surface area contributed by atoms with Gasteiger partial charge in [0, 0.05) is 24.9 Å². The Morgan fingerprint density at radius 1 is 1.62 bits per heavy atom. The number of aromatic nitrogens is 2. The third-order valence-corrected chi connectivity index (χ3v) is 5.07. The zero-order valence-electron chi connectivity index (χ0n) is 14.4. The van der Waals surface area contributed by atoms with Crippen LogP contribution in [0.2, 0.25) is 5.15 Å². The molecular formula is C16H23ClN4O2S. The highest BCUT2D eigenvalue weighted by molar-refractivity contribution is 7.92. The molecule has 1 rings (SSSR count). The van der Waals surface area contributed by atoms with Crippen molar-refractivity contribution in [3.63, 3.8) is 0 Å². The second-order valence-corrected chi connectivity index (χ2v) is 6.98. The number of hydrogen-bond donors (Lipinski definition) is 0. The normalized spacial score (nSPS) is 14.7. The number of carbonyl (C=O) groups excluding carboxylic acids is 1. The highest BCUT2D eigenvalue weighted by atomic mass is 35.5. The van der Waals surface area contributed by atoms with Crippen LogP contribution in [0.1, 0.15) is 27.2 Å². The van der Waals surface area contributed by atoms with Gasteiger partial charge in [-0.1, -0.05) is 18.5 Å². The van der Waals surface area contributed by atoms with E-state index in [-0.39, 0.29) is 11.1 Å². The smallest absolute Gasteiger partial charge is 0.280 e. The monoisotopic (exact) mass is 370 g/mol. The number of rotatable bonds is 8. The fraction of sp³-hybridized carbons (Fsp3) is 0.438. The molecule has 1 amide bonds. The number of carbonyl (C=O) groups is 1. The highest BCUT2D eigenvalue weighted by Crippen LogP contribution is 2.27. The summed E-state index contributed by atoms with van der Waals surface area (Å²) < 4.78 is 13.4. The van der Waals surface area contributed by atoms with E-state index in [4.69, 9.17) is 11.6 Å². The van der Waals surface area contributed by atoms with Crippen LogP contribution in [-0.4, -0.2) is 45.0 Å². The average molecular weight is 371 g/mol.